The zero-order chi connectivity index (χ0) is 17.7. The fraction of sp³-hybridized carbons (Fsp3) is 0.611. The highest BCUT2D eigenvalue weighted by Gasteiger charge is 2.28. The van der Waals surface area contributed by atoms with E-state index in [0.29, 0.717) is 24.6 Å². The lowest BCUT2D eigenvalue weighted by Crippen LogP contribution is -2.45. The second kappa shape index (κ2) is 8.13. The fourth-order valence-electron chi connectivity index (χ4n) is 2.68. The summed E-state index contributed by atoms with van der Waals surface area (Å²) in [6.07, 6.45) is 3.39. The summed E-state index contributed by atoms with van der Waals surface area (Å²) in [5.41, 5.74) is 1.49. The molecule has 24 heavy (non-hydrogen) atoms. The Morgan fingerprint density at radius 1 is 1.42 bits per heavy atom. The van der Waals surface area contributed by atoms with Gasteiger partial charge in [0.2, 0.25) is 0 Å². The third kappa shape index (κ3) is 4.94. The number of urea groups is 1. The van der Waals surface area contributed by atoms with Gasteiger partial charge in [0.15, 0.2) is 0 Å². The lowest BCUT2D eigenvalue weighted by Gasteiger charge is -2.22. The maximum Gasteiger partial charge on any atom is 0.317 e. The van der Waals surface area contributed by atoms with Gasteiger partial charge in [0.05, 0.1) is 5.56 Å². The molecule has 1 aromatic rings. The second-order valence-electron chi connectivity index (χ2n) is 6.98. The van der Waals surface area contributed by atoms with Gasteiger partial charge in [-0.15, -0.1) is 0 Å². The maximum absolute atomic E-state index is 12.5. The Bertz CT molecular complexity index is 571. The van der Waals surface area contributed by atoms with Gasteiger partial charge in [0, 0.05) is 44.6 Å². The van der Waals surface area contributed by atoms with Crippen LogP contribution in [0, 0.1) is 12.8 Å². The van der Waals surface area contributed by atoms with Crippen LogP contribution in [0.1, 0.15) is 42.7 Å². The number of aromatic nitrogens is 1. The Balaban J connectivity index is 1.83. The number of amides is 3. The number of hydrogen-bond donors (Lipinski definition) is 1. The molecule has 6 heteroatoms. The molecule has 0 aliphatic carbocycles. The number of nitrogens with zero attached hydrogens (tertiary/aromatic N) is 3. The van der Waals surface area contributed by atoms with Gasteiger partial charge in [-0.3, -0.25) is 9.78 Å². The monoisotopic (exact) mass is 332 g/mol. The quantitative estimate of drug-likeness (QED) is 0.900. The second-order valence-corrected chi connectivity index (χ2v) is 6.98. The number of nitrogens with one attached hydrogen (secondary N) is 1. The van der Waals surface area contributed by atoms with E-state index in [2.05, 4.69) is 24.1 Å². The van der Waals surface area contributed by atoms with Gasteiger partial charge in [0.25, 0.3) is 5.91 Å². The van der Waals surface area contributed by atoms with Crippen molar-refractivity contribution in [1.82, 2.24) is 20.1 Å². The smallest absolute Gasteiger partial charge is 0.317 e. The number of pyridine rings is 1. The van der Waals surface area contributed by atoms with Crippen LogP contribution in [0.3, 0.4) is 0 Å². The van der Waals surface area contributed by atoms with Crippen LogP contribution in [0.4, 0.5) is 4.79 Å². The third-order valence-corrected chi connectivity index (χ3v) is 4.35. The van der Waals surface area contributed by atoms with Crippen LogP contribution in [-0.2, 0) is 0 Å². The SMILES string of the molecule is Cc1ccc(C(=O)N2CCC(NC(=O)N(C)CCC(C)C)C2)cn1. The van der Waals surface area contributed by atoms with Gasteiger partial charge in [-0.05, 0) is 37.8 Å². The lowest BCUT2D eigenvalue weighted by molar-refractivity contribution is 0.0788. The molecule has 1 atom stereocenters. The summed E-state index contributed by atoms with van der Waals surface area (Å²) >= 11 is 0. The first-order chi connectivity index (χ1) is 11.4. The van der Waals surface area contributed by atoms with Crippen LogP contribution >= 0.6 is 0 Å². The Labute approximate surface area is 144 Å². The molecule has 6 nitrogen and oxygen atoms in total. The normalized spacial score (nSPS) is 17.2. The highest BCUT2D eigenvalue weighted by atomic mass is 16.2. The molecule has 0 spiro atoms. The summed E-state index contributed by atoms with van der Waals surface area (Å²) in [6, 6.07) is 3.59. The number of hydrogen-bond acceptors (Lipinski definition) is 3. The van der Waals surface area contributed by atoms with Crippen molar-refractivity contribution in [3.63, 3.8) is 0 Å². The Morgan fingerprint density at radius 3 is 2.79 bits per heavy atom. The van der Waals surface area contributed by atoms with Crippen molar-refractivity contribution in [1.29, 1.82) is 0 Å². The van der Waals surface area contributed by atoms with Crippen molar-refractivity contribution < 1.29 is 9.59 Å². The van der Waals surface area contributed by atoms with Gasteiger partial charge < -0.3 is 15.1 Å². The molecule has 0 saturated carbocycles. The minimum Gasteiger partial charge on any atom is -0.336 e. The molecule has 1 unspecified atom stereocenters. The Morgan fingerprint density at radius 2 is 2.17 bits per heavy atom. The lowest BCUT2D eigenvalue weighted by atomic mass is 10.1. The van der Waals surface area contributed by atoms with E-state index in [0.717, 1.165) is 25.1 Å². The molecule has 0 radical (unpaired) electrons. The topological polar surface area (TPSA) is 65.5 Å². The number of likely N-dealkylation sites (tertiary alicyclic amines) is 1. The fourth-order valence-corrected chi connectivity index (χ4v) is 2.68. The predicted molar refractivity (Wildman–Crippen MR) is 93.9 cm³/mol. The van der Waals surface area contributed by atoms with Crippen molar-refractivity contribution in [2.24, 2.45) is 5.92 Å². The summed E-state index contributed by atoms with van der Waals surface area (Å²) in [4.78, 5) is 32.3. The first-order valence-corrected chi connectivity index (χ1v) is 8.60. The molecule has 2 heterocycles. The number of carbonyl (C=O) groups is 2. The van der Waals surface area contributed by atoms with Crippen LogP contribution in [0.2, 0.25) is 0 Å². The van der Waals surface area contributed by atoms with Crippen molar-refractivity contribution in [2.45, 2.75) is 39.7 Å². The molecule has 1 fully saturated rings. The van der Waals surface area contributed by atoms with Crippen molar-refractivity contribution >= 4 is 11.9 Å². The number of carbonyl (C=O) groups excluding carboxylic acids is 2. The van der Waals surface area contributed by atoms with E-state index < -0.39 is 0 Å². The summed E-state index contributed by atoms with van der Waals surface area (Å²) in [5, 5.41) is 3.03. The molecule has 1 N–H and O–H groups in total. The van der Waals surface area contributed by atoms with E-state index in [1.54, 1.807) is 22.1 Å². The van der Waals surface area contributed by atoms with Gasteiger partial charge in [-0.25, -0.2) is 4.79 Å². The molecule has 132 valence electrons. The Hall–Kier alpha value is -2.11. The summed E-state index contributed by atoms with van der Waals surface area (Å²) in [7, 11) is 1.81. The van der Waals surface area contributed by atoms with Gasteiger partial charge in [-0.2, -0.15) is 0 Å². The van der Waals surface area contributed by atoms with Crippen LogP contribution in [0.25, 0.3) is 0 Å². The third-order valence-electron chi connectivity index (χ3n) is 4.35. The minimum atomic E-state index is -0.0630. The Kier molecular flexibility index (Phi) is 6.17. The average Bonchev–Trinajstić information content (AvgIpc) is 3.01. The van der Waals surface area contributed by atoms with Gasteiger partial charge >= 0.3 is 6.03 Å². The molecule has 1 aliphatic heterocycles. The van der Waals surface area contributed by atoms with Crippen molar-refractivity contribution in [3.05, 3.63) is 29.6 Å². The first-order valence-electron chi connectivity index (χ1n) is 8.60. The van der Waals surface area contributed by atoms with Gasteiger partial charge in [-0.1, -0.05) is 13.8 Å². The first kappa shape index (κ1) is 18.2. The summed E-state index contributed by atoms with van der Waals surface area (Å²) < 4.78 is 0. The largest absolute Gasteiger partial charge is 0.336 e. The molecule has 0 aromatic carbocycles. The molecule has 0 bridgehead atoms. The van der Waals surface area contributed by atoms with Gasteiger partial charge in [0.1, 0.15) is 0 Å². The van der Waals surface area contributed by atoms with Crippen LogP contribution in [-0.4, -0.2) is 59.4 Å². The zero-order valence-electron chi connectivity index (χ0n) is 15.1. The molecular formula is C18H28N4O2. The average molecular weight is 332 g/mol. The highest BCUT2D eigenvalue weighted by molar-refractivity contribution is 5.94. The van der Waals surface area contributed by atoms with E-state index in [1.807, 2.05) is 20.0 Å². The van der Waals surface area contributed by atoms with Crippen LogP contribution in [0.5, 0.6) is 0 Å². The molecule has 1 aromatic heterocycles. The molecule has 1 aliphatic rings. The van der Waals surface area contributed by atoms with Crippen LogP contribution in [0.15, 0.2) is 18.3 Å². The number of rotatable bonds is 5. The standard InChI is InChI=1S/C18H28N4O2/c1-13(2)7-9-21(4)18(24)20-16-8-10-22(12-16)17(23)15-6-5-14(3)19-11-15/h5-6,11,13,16H,7-10,12H2,1-4H3,(H,20,24). The van der Waals surface area contributed by atoms with Crippen LogP contribution < -0.4 is 5.32 Å². The highest BCUT2D eigenvalue weighted by Crippen LogP contribution is 2.14. The molecule has 1 saturated heterocycles. The van der Waals surface area contributed by atoms with E-state index in [9.17, 15) is 9.59 Å². The van der Waals surface area contributed by atoms with E-state index >= 15 is 0 Å². The molecule has 2 rings (SSSR count). The summed E-state index contributed by atoms with van der Waals surface area (Å²) in [6.45, 7) is 8.14. The maximum atomic E-state index is 12.5. The zero-order valence-corrected chi connectivity index (χ0v) is 15.1. The van der Waals surface area contributed by atoms with E-state index in [4.69, 9.17) is 0 Å². The van der Waals surface area contributed by atoms with Crippen molar-refractivity contribution in [3.8, 4) is 0 Å². The van der Waals surface area contributed by atoms with E-state index in [1.165, 1.54) is 0 Å². The molecule has 3 amide bonds. The summed E-state index contributed by atoms with van der Waals surface area (Å²) in [5.74, 6) is 0.551. The number of aryl methyl sites for hydroxylation is 1. The van der Waals surface area contributed by atoms with E-state index in [-0.39, 0.29) is 18.0 Å². The minimum absolute atomic E-state index is 0.0151. The van der Waals surface area contributed by atoms with Crippen molar-refractivity contribution in [2.75, 3.05) is 26.7 Å². The predicted octanol–water partition coefficient (Wildman–Crippen LogP) is 2.29. The molecular weight excluding hydrogens is 304 g/mol.